The molecule has 0 radical (unpaired) electrons. The van der Waals surface area contributed by atoms with Crippen LogP contribution in [0.1, 0.15) is 10.5 Å². The van der Waals surface area contributed by atoms with Gasteiger partial charge in [0, 0.05) is 7.05 Å². The Balaban J connectivity index is 2.35. The predicted octanol–water partition coefficient (Wildman–Crippen LogP) is 2.70. The molecule has 1 aromatic carbocycles. The summed E-state index contributed by atoms with van der Waals surface area (Å²) in [6, 6.07) is 2.10. The van der Waals surface area contributed by atoms with Gasteiger partial charge in [-0.15, -0.1) is 0 Å². The Hall–Kier alpha value is -1.79. The van der Waals surface area contributed by atoms with Crippen LogP contribution < -0.4 is 11.1 Å². The molecule has 19 heavy (non-hydrogen) atoms. The molecule has 5 nitrogen and oxygen atoms in total. The number of carbonyl (C=O) groups excluding carboxylic acids is 1. The standard InChI is InChI=1S/C11H9Cl2FN4O/c1-18-10(8(15)4-16-18)11(19)17-9-6(12)2-5(14)3-7(9)13/h2-4H,15H2,1H3,(H,17,19). The molecule has 2 rings (SSSR count). The minimum atomic E-state index is -0.590. The SMILES string of the molecule is Cn1ncc(N)c1C(=O)Nc1c(Cl)cc(F)cc1Cl. The van der Waals surface area contributed by atoms with E-state index in [9.17, 15) is 9.18 Å². The number of halogens is 3. The molecule has 8 heteroatoms. The highest BCUT2D eigenvalue weighted by molar-refractivity contribution is 6.40. The first kappa shape index (κ1) is 13.6. The van der Waals surface area contributed by atoms with E-state index in [0.29, 0.717) is 0 Å². The van der Waals surface area contributed by atoms with Gasteiger partial charge in [-0.2, -0.15) is 5.10 Å². The molecule has 2 aromatic rings. The van der Waals surface area contributed by atoms with Gasteiger partial charge in [-0.3, -0.25) is 9.48 Å². The van der Waals surface area contributed by atoms with Crippen molar-refractivity contribution in [1.29, 1.82) is 0 Å². The highest BCUT2D eigenvalue weighted by atomic mass is 35.5. The van der Waals surface area contributed by atoms with Gasteiger partial charge in [0.1, 0.15) is 11.5 Å². The number of nitrogens with one attached hydrogen (secondary N) is 1. The van der Waals surface area contributed by atoms with Gasteiger partial charge in [0.25, 0.3) is 5.91 Å². The molecule has 0 aliphatic rings. The number of hydrogen-bond acceptors (Lipinski definition) is 3. The zero-order valence-electron chi connectivity index (χ0n) is 9.75. The van der Waals surface area contributed by atoms with Crippen molar-refractivity contribution in [2.75, 3.05) is 11.1 Å². The number of nitrogens with zero attached hydrogens (tertiary/aromatic N) is 2. The first-order valence-electron chi connectivity index (χ1n) is 5.13. The Kier molecular flexibility index (Phi) is 3.64. The Labute approximate surface area is 118 Å². The molecule has 0 aliphatic heterocycles. The summed E-state index contributed by atoms with van der Waals surface area (Å²) < 4.78 is 14.3. The molecule has 1 heterocycles. The average Bonchev–Trinajstić information content (AvgIpc) is 2.63. The second kappa shape index (κ2) is 5.07. The van der Waals surface area contributed by atoms with Crippen molar-refractivity contribution in [3.8, 4) is 0 Å². The highest BCUT2D eigenvalue weighted by Gasteiger charge is 2.18. The maximum absolute atomic E-state index is 13.0. The van der Waals surface area contributed by atoms with Crippen LogP contribution in [0.5, 0.6) is 0 Å². The summed E-state index contributed by atoms with van der Waals surface area (Å²) in [5.74, 6) is -1.12. The smallest absolute Gasteiger partial charge is 0.276 e. The van der Waals surface area contributed by atoms with E-state index in [4.69, 9.17) is 28.9 Å². The summed E-state index contributed by atoms with van der Waals surface area (Å²) in [5, 5.41) is 6.32. The minimum absolute atomic E-state index is 0.000843. The maximum Gasteiger partial charge on any atom is 0.276 e. The molecular formula is C11H9Cl2FN4O. The monoisotopic (exact) mass is 302 g/mol. The zero-order valence-corrected chi connectivity index (χ0v) is 11.3. The van der Waals surface area contributed by atoms with Gasteiger partial charge in [0.15, 0.2) is 0 Å². The summed E-state index contributed by atoms with van der Waals surface area (Å²) in [6.07, 6.45) is 1.35. The lowest BCUT2D eigenvalue weighted by atomic mass is 10.2. The van der Waals surface area contributed by atoms with Gasteiger partial charge in [0.05, 0.1) is 27.6 Å². The fraction of sp³-hybridized carbons (Fsp3) is 0.0909. The summed E-state index contributed by atoms with van der Waals surface area (Å²) in [7, 11) is 1.57. The van der Waals surface area contributed by atoms with Gasteiger partial charge in [-0.25, -0.2) is 4.39 Å². The number of aryl methyl sites for hydroxylation is 1. The molecule has 0 atom stereocenters. The van der Waals surface area contributed by atoms with Crippen molar-refractivity contribution in [3.05, 3.63) is 39.9 Å². The van der Waals surface area contributed by atoms with Crippen LogP contribution in [-0.4, -0.2) is 15.7 Å². The summed E-state index contributed by atoms with van der Waals surface area (Å²) in [5.41, 5.74) is 6.13. The fourth-order valence-electron chi connectivity index (χ4n) is 1.57. The number of benzene rings is 1. The van der Waals surface area contributed by atoms with Crippen LogP contribution >= 0.6 is 23.2 Å². The molecule has 0 bridgehead atoms. The van der Waals surface area contributed by atoms with Crippen LogP contribution in [0.4, 0.5) is 15.8 Å². The molecule has 100 valence electrons. The topological polar surface area (TPSA) is 72.9 Å². The quantitative estimate of drug-likeness (QED) is 0.896. The lowest BCUT2D eigenvalue weighted by Crippen LogP contribution is -2.18. The van der Waals surface area contributed by atoms with Gasteiger partial charge in [0.2, 0.25) is 0 Å². The average molecular weight is 303 g/mol. The fourth-order valence-corrected chi connectivity index (χ4v) is 2.12. The lowest BCUT2D eigenvalue weighted by Gasteiger charge is -2.10. The third-order valence-corrected chi connectivity index (χ3v) is 3.02. The van der Waals surface area contributed by atoms with Crippen molar-refractivity contribution in [1.82, 2.24) is 9.78 Å². The Bertz CT molecular complexity index is 614. The zero-order chi connectivity index (χ0) is 14.2. The van der Waals surface area contributed by atoms with Crippen LogP contribution in [0.3, 0.4) is 0 Å². The van der Waals surface area contributed by atoms with Crippen molar-refractivity contribution >= 4 is 40.5 Å². The van der Waals surface area contributed by atoms with Gasteiger partial charge < -0.3 is 11.1 Å². The van der Waals surface area contributed by atoms with E-state index in [1.807, 2.05) is 0 Å². The Morgan fingerprint density at radius 1 is 1.42 bits per heavy atom. The molecule has 0 saturated carbocycles. The molecule has 0 saturated heterocycles. The molecule has 1 aromatic heterocycles. The largest absolute Gasteiger partial charge is 0.396 e. The molecule has 3 N–H and O–H groups in total. The predicted molar refractivity (Wildman–Crippen MR) is 72.0 cm³/mol. The van der Waals surface area contributed by atoms with E-state index in [-0.39, 0.29) is 27.1 Å². The van der Waals surface area contributed by atoms with E-state index in [0.717, 1.165) is 12.1 Å². The van der Waals surface area contributed by atoms with Gasteiger partial charge in [-0.05, 0) is 12.1 Å². The van der Waals surface area contributed by atoms with E-state index in [2.05, 4.69) is 10.4 Å². The number of hydrogen-bond donors (Lipinski definition) is 2. The molecule has 0 unspecified atom stereocenters. The van der Waals surface area contributed by atoms with Gasteiger partial charge in [-0.1, -0.05) is 23.2 Å². The number of rotatable bonds is 2. The number of carbonyl (C=O) groups is 1. The number of nitrogens with two attached hydrogens (primary N) is 1. The lowest BCUT2D eigenvalue weighted by molar-refractivity contribution is 0.101. The molecule has 0 spiro atoms. The van der Waals surface area contributed by atoms with E-state index in [1.54, 1.807) is 7.05 Å². The van der Waals surface area contributed by atoms with Gasteiger partial charge >= 0.3 is 0 Å². The van der Waals surface area contributed by atoms with Crippen LogP contribution in [-0.2, 0) is 7.05 Å². The second-order valence-corrected chi connectivity index (χ2v) is 4.59. The van der Waals surface area contributed by atoms with Crippen LogP contribution in [0.15, 0.2) is 18.3 Å². The number of nitrogen functional groups attached to an aromatic ring is 1. The van der Waals surface area contributed by atoms with Crippen LogP contribution in [0, 0.1) is 5.82 Å². The van der Waals surface area contributed by atoms with E-state index >= 15 is 0 Å². The minimum Gasteiger partial charge on any atom is -0.396 e. The molecule has 1 amide bonds. The van der Waals surface area contributed by atoms with Crippen LogP contribution in [0.25, 0.3) is 0 Å². The summed E-state index contributed by atoms with van der Waals surface area (Å²) >= 11 is 11.7. The van der Waals surface area contributed by atoms with Crippen molar-refractivity contribution in [3.63, 3.8) is 0 Å². The Morgan fingerprint density at radius 3 is 2.47 bits per heavy atom. The van der Waals surface area contributed by atoms with Crippen molar-refractivity contribution in [2.45, 2.75) is 0 Å². The number of anilines is 2. The summed E-state index contributed by atoms with van der Waals surface area (Å²) in [4.78, 5) is 12.0. The first-order valence-corrected chi connectivity index (χ1v) is 5.89. The van der Waals surface area contributed by atoms with Crippen LogP contribution in [0.2, 0.25) is 10.0 Å². The maximum atomic E-state index is 13.0. The van der Waals surface area contributed by atoms with E-state index < -0.39 is 11.7 Å². The van der Waals surface area contributed by atoms with Crippen molar-refractivity contribution < 1.29 is 9.18 Å². The molecule has 0 fully saturated rings. The molecular weight excluding hydrogens is 294 g/mol. The number of amides is 1. The van der Waals surface area contributed by atoms with Crippen molar-refractivity contribution in [2.24, 2.45) is 7.05 Å². The Morgan fingerprint density at radius 2 is 2.00 bits per heavy atom. The number of aromatic nitrogens is 2. The second-order valence-electron chi connectivity index (χ2n) is 3.77. The third-order valence-electron chi connectivity index (χ3n) is 2.43. The first-order chi connectivity index (χ1) is 8.90. The van der Waals surface area contributed by atoms with E-state index in [1.165, 1.54) is 10.9 Å². The molecule has 0 aliphatic carbocycles. The normalized spacial score (nSPS) is 10.5. The summed E-state index contributed by atoms with van der Waals surface area (Å²) in [6.45, 7) is 0. The highest BCUT2D eigenvalue weighted by Crippen LogP contribution is 2.31. The third kappa shape index (κ3) is 2.64.